The maximum atomic E-state index is 13.9. The average Bonchev–Trinajstić information content (AvgIpc) is 3.33. The molecule has 0 radical (unpaired) electrons. The Labute approximate surface area is 193 Å². The summed E-state index contributed by atoms with van der Waals surface area (Å²) < 4.78 is 5.39. The number of aliphatic hydroxyl groups excluding tert-OH is 1. The van der Waals surface area contributed by atoms with Crippen LogP contribution in [0.2, 0.25) is 0 Å². The summed E-state index contributed by atoms with van der Waals surface area (Å²) in [5.74, 6) is 1.61. The predicted molar refractivity (Wildman–Crippen MR) is 132 cm³/mol. The maximum Gasteiger partial charge on any atom is 0.186 e. The molecule has 0 aliphatic carbocycles. The second kappa shape index (κ2) is 10.1. The highest BCUT2D eigenvalue weighted by atomic mass is 32.2. The molecule has 0 spiro atoms. The molecule has 0 amide bonds. The number of benzene rings is 3. The first-order chi connectivity index (χ1) is 15.6. The molecule has 0 saturated carbocycles. The van der Waals surface area contributed by atoms with E-state index in [1.807, 2.05) is 61.5 Å². The zero-order chi connectivity index (χ0) is 22.5. The number of methoxy groups -OCH3 is 1. The second-order valence-electron chi connectivity index (χ2n) is 7.85. The standard InChI is InChI=1S/C27H27NO3S/c1-18-8-10-20(11-9-18)25(28-22-14-19(17-29)15-23(16-22)31-2)26(30)24-12-13-32-27(24)21-6-4-3-5-7-21/h3-11,14-16,25,28-29H,12-13,17H2,1-2H3. The van der Waals surface area contributed by atoms with Crippen LogP contribution >= 0.6 is 11.8 Å². The fourth-order valence-corrected chi connectivity index (χ4v) is 5.08. The summed E-state index contributed by atoms with van der Waals surface area (Å²) in [7, 11) is 1.59. The fourth-order valence-electron chi connectivity index (χ4n) is 3.89. The highest BCUT2D eigenvalue weighted by molar-refractivity contribution is 8.08. The van der Waals surface area contributed by atoms with Crippen LogP contribution in [0.15, 0.2) is 78.4 Å². The van der Waals surface area contributed by atoms with E-state index in [9.17, 15) is 9.90 Å². The van der Waals surface area contributed by atoms with Crippen LogP contribution in [-0.4, -0.2) is 23.8 Å². The summed E-state index contributed by atoms with van der Waals surface area (Å²) in [5, 5.41) is 13.1. The normalized spacial score (nSPS) is 14.3. The van der Waals surface area contributed by atoms with Crippen molar-refractivity contribution in [3.05, 3.63) is 101 Å². The molecule has 0 aromatic heterocycles. The monoisotopic (exact) mass is 445 g/mol. The predicted octanol–water partition coefficient (Wildman–Crippen LogP) is 5.77. The fraction of sp³-hybridized carbons (Fsp3) is 0.222. The Morgan fingerprint density at radius 1 is 1.09 bits per heavy atom. The van der Waals surface area contributed by atoms with Crippen molar-refractivity contribution in [1.82, 2.24) is 0 Å². The van der Waals surface area contributed by atoms with Gasteiger partial charge in [-0.15, -0.1) is 11.8 Å². The molecule has 1 heterocycles. The Balaban J connectivity index is 1.75. The van der Waals surface area contributed by atoms with Crippen LogP contribution in [0.3, 0.4) is 0 Å². The van der Waals surface area contributed by atoms with Crippen molar-refractivity contribution in [3.63, 3.8) is 0 Å². The molecule has 0 fully saturated rings. The molecule has 4 nitrogen and oxygen atoms in total. The highest BCUT2D eigenvalue weighted by Gasteiger charge is 2.29. The van der Waals surface area contributed by atoms with Gasteiger partial charge in [0.1, 0.15) is 11.8 Å². The number of aryl methyl sites for hydroxylation is 1. The van der Waals surface area contributed by atoms with Crippen LogP contribution < -0.4 is 10.1 Å². The van der Waals surface area contributed by atoms with Gasteiger partial charge in [-0.05, 0) is 42.2 Å². The zero-order valence-electron chi connectivity index (χ0n) is 18.3. The minimum absolute atomic E-state index is 0.0751. The molecule has 0 saturated heterocycles. The molecule has 1 atom stereocenters. The van der Waals surface area contributed by atoms with Crippen LogP contribution in [0.1, 0.15) is 34.7 Å². The number of thioether (sulfide) groups is 1. The van der Waals surface area contributed by atoms with Crippen molar-refractivity contribution in [1.29, 1.82) is 0 Å². The molecule has 164 valence electrons. The molecule has 2 N–H and O–H groups in total. The SMILES string of the molecule is COc1cc(CO)cc(NC(C(=O)C2=C(c3ccccc3)SCC2)c2ccc(C)cc2)c1. The molecule has 5 heteroatoms. The third-order valence-electron chi connectivity index (χ3n) is 5.57. The van der Waals surface area contributed by atoms with Gasteiger partial charge in [-0.3, -0.25) is 4.79 Å². The number of ketones is 1. The zero-order valence-corrected chi connectivity index (χ0v) is 19.1. The maximum absolute atomic E-state index is 13.9. The largest absolute Gasteiger partial charge is 0.497 e. The summed E-state index contributed by atoms with van der Waals surface area (Å²) in [6.45, 7) is 1.93. The lowest BCUT2D eigenvalue weighted by Gasteiger charge is -2.22. The molecule has 1 aliphatic rings. The van der Waals surface area contributed by atoms with Gasteiger partial charge in [0.25, 0.3) is 0 Å². The molecular weight excluding hydrogens is 418 g/mol. The molecule has 4 rings (SSSR count). The van der Waals surface area contributed by atoms with Crippen LogP contribution in [0, 0.1) is 6.92 Å². The Kier molecular flexibility index (Phi) is 6.98. The minimum Gasteiger partial charge on any atom is -0.497 e. The second-order valence-corrected chi connectivity index (χ2v) is 8.96. The van der Waals surface area contributed by atoms with Gasteiger partial charge < -0.3 is 15.2 Å². The highest BCUT2D eigenvalue weighted by Crippen LogP contribution is 2.41. The summed E-state index contributed by atoms with van der Waals surface area (Å²) in [5.41, 5.74) is 5.46. The third kappa shape index (κ3) is 4.90. The van der Waals surface area contributed by atoms with Crippen LogP contribution in [-0.2, 0) is 11.4 Å². The summed E-state index contributed by atoms with van der Waals surface area (Å²) in [6, 6.07) is 23.1. The van der Waals surface area contributed by atoms with Crippen molar-refractivity contribution in [2.45, 2.75) is 26.0 Å². The van der Waals surface area contributed by atoms with Crippen molar-refractivity contribution in [3.8, 4) is 5.75 Å². The molecular formula is C27H27NO3S. The molecule has 3 aromatic rings. The quantitative estimate of drug-likeness (QED) is 0.461. The molecule has 1 unspecified atom stereocenters. The van der Waals surface area contributed by atoms with E-state index in [0.717, 1.165) is 50.6 Å². The number of nitrogens with one attached hydrogen (secondary N) is 1. The minimum atomic E-state index is -0.540. The average molecular weight is 446 g/mol. The molecule has 32 heavy (non-hydrogen) atoms. The van der Waals surface area contributed by atoms with Gasteiger partial charge in [-0.25, -0.2) is 0 Å². The van der Waals surface area contributed by atoms with E-state index >= 15 is 0 Å². The van der Waals surface area contributed by atoms with E-state index in [1.54, 1.807) is 24.9 Å². The van der Waals surface area contributed by atoms with Crippen molar-refractivity contribution in [2.75, 3.05) is 18.2 Å². The van der Waals surface area contributed by atoms with E-state index in [-0.39, 0.29) is 12.4 Å². The van der Waals surface area contributed by atoms with Crippen LogP contribution in [0.4, 0.5) is 5.69 Å². The van der Waals surface area contributed by atoms with Gasteiger partial charge in [-0.1, -0.05) is 60.2 Å². The molecule has 3 aromatic carbocycles. The topological polar surface area (TPSA) is 58.6 Å². The van der Waals surface area contributed by atoms with E-state index in [1.165, 1.54) is 0 Å². The van der Waals surface area contributed by atoms with Crippen LogP contribution in [0.25, 0.3) is 4.91 Å². The number of Topliss-reactive ketones (excluding diaryl/α,β-unsaturated/α-hetero) is 1. The lowest BCUT2D eigenvalue weighted by atomic mass is 9.93. The van der Waals surface area contributed by atoms with Crippen molar-refractivity contribution in [2.24, 2.45) is 0 Å². The van der Waals surface area contributed by atoms with Gasteiger partial charge in [0, 0.05) is 28.0 Å². The Morgan fingerprint density at radius 2 is 1.84 bits per heavy atom. The summed E-state index contributed by atoms with van der Waals surface area (Å²) >= 11 is 1.74. The van der Waals surface area contributed by atoms with E-state index in [2.05, 4.69) is 17.4 Å². The summed E-state index contributed by atoms with van der Waals surface area (Å²) in [6.07, 6.45) is 0.748. The number of hydrogen-bond acceptors (Lipinski definition) is 5. The first kappa shape index (κ1) is 22.2. The Morgan fingerprint density at radius 3 is 2.53 bits per heavy atom. The number of carbonyl (C=O) groups is 1. The number of aliphatic hydroxyl groups is 1. The lowest BCUT2D eigenvalue weighted by Crippen LogP contribution is -2.23. The van der Waals surface area contributed by atoms with Crippen LogP contribution in [0.5, 0.6) is 5.75 Å². The molecule has 1 aliphatic heterocycles. The smallest absolute Gasteiger partial charge is 0.186 e. The number of rotatable bonds is 8. The van der Waals surface area contributed by atoms with E-state index in [4.69, 9.17) is 4.74 Å². The Bertz CT molecular complexity index is 1100. The van der Waals surface area contributed by atoms with Gasteiger partial charge in [-0.2, -0.15) is 0 Å². The number of hydrogen-bond donors (Lipinski definition) is 2. The van der Waals surface area contributed by atoms with Crippen molar-refractivity contribution >= 4 is 28.1 Å². The Hall–Kier alpha value is -3.02. The van der Waals surface area contributed by atoms with Gasteiger partial charge >= 0.3 is 0 Å². The first-order valence-electron chi connectivity index (χ1n) is 10.7. The lowest BCUT2D eigenvalue weighted by molar-refractivity contribution is -0.116. The number of ether oxygens (including phenoxy) is 1. The molecule has 0 bridgehead atoms. The van der Waals surface area contributed by atoms with Gasteiger partial charge in [0.05, 0.1) is 13.7 Å². The van der Waals surface area contributed by atoms with E-state index < -0.39 is 6.04 Å². The van der Waals surface area contributed by atoms with E-state index in [0.29, 0.717) is 5.75 Å². The van der Waals surface area contributed by atoms with Crippen molar-refractivity contribution < 1.29 is 14.6 Å². The number of anilines is 1. The van der Waals surface area contributed by atoms with Gasteiger partial charge in [0.15, 0.2) is 5.78 Å². The van der Waals surface area contributed by atoms with Gasteiger partial charge in [0.2, 0.25) is 0 Å². The number of carbonyl (C=O) groups excluding carboxylic acids is 1. The first-order valence-corrected chi connectivity index (χ1v) is 11.6. The summed E-state index contributed by atoms with van der Waals surface area (Å²) in [4.78, 5) is 15.0. The third-order valence-corrected chi connectivity index (χ3v) is 6.75.